The van der Waals surface area contributed by atoms with E-state index in [0.29, 0.717) is 0 Å². The number of ether oxygens (including phenoxy) is 1. The Labute approximate surface area is 164 Å². The van der Waals surface area contributed by atoms with E-state index < -0.39 is 26.5 Å². The number of aliphatic hydroxyl groups excluding tert-OH is 1. The summed E-state index contributed by atoms with van der Waals surface area (Å²) in [6.07, 6.45) is 14.9. The zero-order valence-corrected chi connectivity index (χ0v) is 17.6. The second-order valence-corrected chi connectivity index (χ2v) is 8.23. The van der Waals surface area contributed by atoms with Crippen molar-refractivity contribution in [1.82, 2.24) is 0 Å². The number of esters is 1. The molecule has 0 aliphatic carbocycles. The second-order valence-electron chi connectivity index (χ2n) is 7.07. The van der Waals surface area contributed by atoms with E-state index in [0.717, 1.165) is 19.3 Å². The average molecular weight is 408 g/mol. The van der Waals surface area contributed by atoms with Gasteiger partial charge in [0, 0.05) is 6.42 Å². The number of carbonyl (C=O) groups excluding carboxylic acids is 1. The molecule has 0 amide bonds. The summed E-state index contributed by atoms with van der Waals surface area (Å²) in [5, 5.41) is 9.34. The van der Waals surface area contributed by atoms with Crippen molar-refractivity contribution in [3.05, 3.63) is 0 Å². The Bertz CT molecular complexity index is 398. The van der Waals surface area contributed by atoms with Crippen LogP contribution >= 0.6 is 7.82 Å². The number of rotatable bonds is 19. The number of carbonyl (C=O) groups is 1. The minimum atomic E-state index is -5.11. The molecule has 0 saturated carbocycles. The highest BCUT2D eigenvalue weighted by Crippen LogP contribution is 2.24. The maximum atomic E-state index is 11.5. The summed E-state index contributed by atoms with van der Waals surface area (Å²) in [6.45, 7) is 1.16. The van der Waals surface area contributed by atoms with E-state index in [1.807, 2.05) is 0 Å². The van der Waals surface area contributed by atoms with E-state index in [1.54, 1.807) is 0 Å². The number of hydrogen-bond acceptors (Lipinski definition) is 7. The fourth-order valence-electron chi connectivity index (χ4n) is 2.77. The van der Waals surface area contributed by atoms with Gasteiger partial charge in [0.1, 0.15) is 12.7 Å². The molecule has 27 heavy (non-hydrogen) atoms. The molecule has 0 saturated heterocycles. The SMILES string of the molecule is CCCCCCCCCCCCCCCC(=O)OC[C@@H](O)COP(=O)([O-])[O-]. The highest BCUT2D eigenvalue weighted by molar-refractivity contribution is 7.43. The molecule has 0 aromatic rings. The van der Waals surface area contributed by atoms with Gasteiger partial charge in [0.15, 0.2) is 0 Å². The summed E-state index contributed by atoms with van der Waals surface area (Å²) < 4.78 is 19.0. The molecule has 162 valence electrons. The zero-order valence-electron chi connectivity index (χ0n) is 16.7. The van der Waals surface area contributed by atoms with Gasteiger partial charge in [-0.15, -0.1) is 0 Å². The first-order valence-corrected chi connectivity index (χ1v) is 11.8. The fraction of sp³-hybridized carbons (Fsp3) is 0.947. The van der Waals surface area contributed by atoms with E-state index in [4.69, 9.17) is 4.74 Å². The lowest BCUT2D eigenvalue weighted by molar-refractivity contribution is -0.342. The van der Waals surface area contributed by atoms with Crippen molar-refractivity contribution in [3.8, 4) is 0 Å². The predicted octanol–water partition coefficient (Wildman–Crippen LogP) is 3.22. The Balaban J connectivity index is 3.33. The van der Waals surface area contributed by atoms with Crippen LogP contribution in [-0.2, 0) is 18.6 Å². The van der Waals surface area contributed by atoms with Crippen LogP contribution in [0.15, 0.2) is 0 Å². The third-order valence-corrected chi connectivity index (χ3v) is 4.81. The van der Waals surface area contributed by atoms with E-state index in [1.165, 1.54) is 64.2 Å². The van der Waals surface area contributed by atoms with Gasteiger partial charge in [0.05, 0.1) is 14.4 Å². The van der Waals surface area contributed by atoms with Crippen molar-refractivity contribution >= 4 is 13.8 Å². The normalized spacial score (nSPS) is 12.9. The van der Waals surface area contributed by atoms with Crippen LogP contribution < -0.4 is 9.79 Å². The van der Waals surface area contributed by atoms with Crippen LogP contribution in [0.1, 0.15) is 96.8 Å². The van der Waals surface area contributed by atoms with Gasteiger partial charge in [-0.05, 0) is 6.42 Å². The van der Waals surface area contributed by atoms with Gasteiger partial charge < -0.3 is 28.7 Å². The summed E-state index contributed by atoms with van der Waals surface area (Å²) in [5.74, 6) is -0.440. The molecule has 0 aliphatic heterocycles. The Kier molecular flexibility index (Phi) is 17.3. The van der Waals surface area contributed by atoms with Crippen LogP contribution in [0.2, 0.25) is 0 Å². The van der Waals surface area contributed by atoms with Gasteiger partial charge in [-0.25, -0.2) is 0 Å². The molecule has 0 aromatic heterocycles. The van der Waals surface area contributed by atoms with E-state index in [-0.39, 0.29) is 13.0 Å². The summed E-state index contributed by atoms with van der Waals surface area (Å²) in [5.41, 5.74) is 0. The molecule has 7 nitrogen and oxygen atoms in total. The molecule has 0 heterocycles. The Hall–Kier alpha value is -0.460. The Morgan fingerprint density at radius 3 is 1.74 bits per heavy atom. The van der Waals surface area contributed by atoms with Crippen molar-refractivity contribution in [2.24, 2.45) is 0 Å². The topological polar surface area (TPSA) is 119 Å². The molecule has 8 heteroatoms. The van der Waals surface area contributed by atoms with E-state index in [2.05, 4.69) is 11.4 Å². The van der Waals surface area contributed by atoms with Crippen LogP contribution in [0.5, 0.6) is 0 Å². The van der Waals surface area contributed by atoms with Gasteiger partial charge >= 0.3 is 5.97 Å². The average Bonchev–Trinajstić information content (AvgIpc) is 2.61. The van der Waals surface area contributed by atoms with E-state index >= 15 is 0 Å². The highest BCUT2D eigenvalue weighted by Gasteiger charge is 2.09. The van der Waals surface area contributed by atoms with Crippen LogP contribution in [0, 0.1) is 0 Å². The standard InChI is InChI=1S/C19H39O7P/c1-2-3-4-5-6-7-8-9-10-11-12-13-14-15-19(21)25-16-18(20)17-26-27(22,23)24/h18,20H,2-17H2,1H3,(H2,22,23,24)/p-2/t18-/m1/s1. The lowest BCUT2D eigenvalue weighted by Crippen LogP contribution is -2.26. The fourth-order valence-corrected chi connectivity index (χ4v) is 3.13. The molecule has 1 atom stereocenters. The number of aliphatic hydroxyl groups is 1. The van der Waals surface area contributed by atoms with Crippen molar-refractivity contribution < 1.29 is 33.5 Å². The molecule has 0 fully saturated rings. The van der Waals surface area contributed by atoms with Crippen LogP contribution in [0.4, 0.5) is 0 Å². The molecule has 1 N–H and O–H groups in total. The Morgan fingerprint density at radius 2 is 1.30 bits per heavy atom. The van der Waals surface area contributed by atoms with Gasteiger partial charge in [-0.1, -0.05) is 84.0 Å². The first kappa shape index (κ1) is 26.5. The lowest BCUT2D eigenvalue weighted by atomic mass is 10.0. The molecular weight excluding hydrogens is 371 g/mol. The van der Waals surface area contributed by atoms with Crippen molar-refractivity contribution in [1.29, 1.82) is 0 Å². The number of unbranched alkanes of at least 4 members (excludes halogenated alkanes) is 12. The molecule has 0 rings (SSSR count). The summed E-state index contributed by atoms with van der Waals surface area (Å²) >= 11 is 0. The quantitative estimate of drug-likeness (QED) is 0.198. The van der Waals surface area contributed by atoms with Crippen molar-refractivity contribution in [2.75, 3.05) is 13.2 Å². The maximum Gasteiger partial charge on any atom is 0.305 e. The number of hydrogen-bond donors (Lipinski definition) is 1. The van der Waals surface area contributed by atoms with Crippen molar-refractivity contribution in [3.63, 3.8) is 0 Å². The summed E-state index contributed by atoms with van der Waals surface area (Å²) in [4.78, 5) is 32.0. The second kappa shape index (κ2) is 17.6. The smallest absolute Gasteiger partial charge is 0.305 e. The minimum absolute atomic E-state index is 0.271. The first-order valence-electron chi connectivity index (χ1n) is 10.4. The third kappa shape index (κ3) is 21.7. The van der Waals surface area contributed by atoms with Gasteiger partial charge in [0.25, 0.3) is 0 Å². The largest absolute Gasteiger partial charge is 0.790 e. The molecule has 0 aromatic carbocycles. The third-order valence-electron chi connectivity index (χ3n) is 4.35. The van der Waals surface area contributed by atoms with Crippen LogP contribution in [0.25, 0.3) is 0 Å². The highest BCUT2D eigenvalue weighted by atomic mass is 31.2. The first-order chi connectivity index (χ1) is 12.8. The maximum absolute atomic E-state index is 11.5. The molecule has 0 bridgehead atoms. The number of phosphoric ester groups is 1. The zero-order chi connectivity index (χ0) is 20.4. The van der Waals surface area contributed by atoms with Gasteiger partial charge in [-0.2, -0.15) is 0 Å². The number of phosphoric acid groups is 1. The Morgan fingerprint density at radius 1 is 0.852 bits per heavy atom. The monoisotopic (exact) mass is 408 g/mol. The lowest BCUT2D eigenvalue weighted by Gasteiger charge is -2.29. The van der Waals surface area contributed by atoms with Crippen molar-refractivity contribution in [2.45, 2.75) is 103 Å². The molecule has 0 aliphatic rings. The molecular formula is C19H37O7P-2. The molecule has 0 radical (unpaired) electrons. The van der Waals surface area contributed by atoms with Crippen LogP contribution in [0.3, 0.4) is 0 Å². The summed E-state index contributed by atoms with van der Waals surface area (Å²) in [6, 6.07) is 0. The predicted molar refractivity (Wildman–Crippen MR) is 101 cm³/mol. The van der Waals surface area contributed by atoms with E-state index in [9.17, 15) is 24.3 Å². The van der Waals surface area contributed by atoms with Gasteiger partial charge in [-0.3, -0.25) is 4.79 Å². The minimum Gasteiger partial charge on any atom is -0.790 e. The molecule has 0 unspecified atom stereocenters. The molecule has 0 spiro atoms. The van der Waals surface area contributed by atoms with Crippen LogP contribution in [-0.4, -0.2) is 30.4 Å². The van der Waals surface area contributed by atoms with Gasteiger partial charge in [0.2, 0.25) is 0 Å². The summed E-state index contributed by atoms with van der Waals surface area (Å²) in [7, 11) is -5.11.